The van der Waals surface area contributed by atoms with Crippen LogP contribution >= 0.6 is 0 Å². The molecule has 0 spiro atoms. The minimum Gasteiger partial charge on any atom is -0.314 e. The molecular weight excluding hydrogens is 260 g/mol. The Morgan fingerprint density at radius 2 is 1.90 bits per heavy atom. The molecular formula is C17H32N4. The monoisotopic (exact) mass is 292 g/mol. The van der Waals surface area contributed by atoms with Gasteiger partial charge in [0.25, 0.3) is 0 Å². The predicted molar refractivity (Wildman–Crippen MR) is 88.6 cm³/mol. The van der Waals surface area contributed by atoms with E-state index in [1.807, 2.05) is 0 Å². The van der Waals surface area contributed by atoms with E-state index in [9.17, 15) is 0 Å². The van der Waals surface area contributed by atoms with Crippen LogP contribution in [0.5, 0.6) is 0 Å². The number of hydrogen-bond donors (Lipinski definition) is 1. The average molecular weight is 292 g/mol. The minimum atomic E-state index is 0.617. The number of rotatable bonds is 6. The summed E-state index contributed by atoms with van der Waals surface area (Å²) in [6.07, 6.45) is 2.57. The van der Waals surface area contributed by atoms with E-state index in [-0.39, 0.29) is 0 Å². The average Bonchev–Trinajstić information content (AvgIpc) is 2.75. The highest BCUT2D eigenvalue weighted by Crippen LogP contribution is 2.13. The molecule has 0 radical (unpaired) electrons. The number of nitrogens with one attached hydrogen (secondary N) is 1. The van der Waals surface area contributed by atoms with Crippen molar-refractivity contribution in [2.45, 2.75) is 66.1 Å². The minimum absolute atomic E-state index is 0.617. The predicted octanol–water partition coefficient (Wildman–Crippen LogP) is 2.60. The fraction of sp³-hybridized carbons (Fsp3) is 0.824. The molecule has 2 heterocycles. The second-order valence-electron chi connectivity index (χ2n) is 7.03. The van der Waals surface area contributed by atoms with E-state index in [0.29, 0.717) is 18.0 Å². The molecule has 0 amide bonds. The summed E-state index contributed by atoms with van der Waals surface area (Å²) in [7, 11) is 0. The van der Waals surface area contributed by atoms with E-state index in [1.165, 1.54) is 31.6 Å². The van der Waals surface area contributed by atoms with Crippen LogP contribution in [0.2, 0.25) is 0 Å². The van der Waals surface area contributed by atoms with Crippen LogP contribution in [0.1, 0.15) is 45.0 Å². The molecule has 21 heavy (non-hydrogen) atoms. The zero-order chi connectivity index (χ0) is 15.4. The largest absolute Gasteiger partial charge is 0.314 e. The zero-order valence-corrected chi connectivity index (χ0v) is 14.4. The van der Waals surface area contributed by atoms with Gasteiger partial charge in [-0.05, 0) is 72.2 Å². The Hall–Kier alpha value is -0.870. The molecule has 1 N–H and O–H groups in total. The number of piperidine rings is 1. The normalized spacial score (nSPS) is 19.3. The molecule has 1 saturated heterocycles. The second-order valence-corrected chi connectivity index (χ2v) is 7.03. The van der Waals surface area contributed by atoms with E-state index in [1.54, 1.807) is 0 Å². The van der Waals surface area contributed by atoms with Crippen LogP contribution < -0.4 is 5.32 Å². The van der Waals surface area contributed by atoms with Crippen LogP contribution in [-0.2, 0) is 6.54 Å². The van der Waals surface area contributed by atoms with Gasteiger partial charge in [0.05, 0.1) is 5.69 Å². The third-order valence-electron chi connectivity index (χ3n) is 4.60. The van der Waals surface area contributed by atoms with Gasteiger partial charge >= 0.3 is 0 Å². The van der Waals surface area contributed by atoms with Gasteiger partial charge in [0, 0.05) is 24.3 Å². The Balaban J connectivity index is 1.70. The van der Waals surface area contributed by atoms with Crippen molar-refractivity contribution in [3.8, 4) is 0 Å². The molecule has 0 bridgehead atoms. The summed E-state index contributed by atoms with van der Waals surface area (Å²) in [6, 6.07) is 3.54. The fourth-order valence-electron chi connectivity index (χ4n) is 3.21. The second kappa shape index (κ2) is 7.41. The molecule has 1 aliphatic rings. The Morgan fingerprint density at radius 1 is 1.24 bits per heavy atom. The van der Waals surface area contributed by atoms with Gasteiger partial charge in [-0.1, -0.05) is 6.92 Å². The lowest BCUT2D eigenvalue weighted by Crippen LogP contribution is -2.46. The first-order chi connectivity index (χ1) is 9.95. The number of likely N-dealkylation sites (tertiary alicyclic amines) is 1. The molecule has 1 aromatic rings. The first kappa shape index (κ1) is 16.5. The van der Waals surface area contributed by atoms with Gasteiger partial charge in [-0.25, -0.2) is 0 Å². The maximum atomic E-state index is 4.56. The summed E-state index contributed by atoms with van der Waals surface area (Å²) in [5.74, 6) is 0.617. The Morgan fingerprint density at radius 3 is 2.43 bits per heavy atom. The maximum absolute atomic E-state index is 4.56. The summed E-state index contributed by atoms with van der Waals surface area (Å²) < 4.78 is 2.14. The van der Waals surface area contributed by atoms with Crippen molar-refractivity contribution in [1.29, 1.82) is 0 Å². The summed E-state index contributed by atoms with van der Waals surface area (Å²) in [5.41, 5.74) is 2.39. The van der Waals surface area contributed by atoms with Crippen LogP contribution in [0.25, 0.3) is 0 Å². The van der Waals surface area contributed by atoms with E-state index < -0.39 is 0 Å². The standard InChI is InChI=1S/C17H32N4/c1-13(2)20-8-6-17(7-9-20)18-11-14(3)12-21-16(5)10-15(4)19-21/h10,13-14,17-18H,6-9,11-12H2,1-5H3/t14-/m1/s1. The Labute approximate surface area is 129 Å². The van der Waals surface area contributed by atoms with Crippen molar-refractivity contribution in [2.24, 2.45) is 5.92 Å². The molecule has 1 fully saturated rings. The zero-order valence-electron chi connectivity index (χ0n) is 14.4. The topological polar surface area (TPSA) is 33.1 Å². The van der Waals surface area contributed by atoms with Crippen molar-refractivity contribution >= 4 is 0 Å². The molecule has 2 rings (SSSR count). The van der Waals surface area contributed by atoms with Gasteiger partial charge in [-0.2, -0.15) is 5.10 Å². The smallest absolute Gasteiger partial charge is 0.0596 e. The lowest BCUT2D eigenvalue weighted by atomic mass is 10.0. The SMILES string of the molecule is Cc1cc(C)n(C[C@H](C)CNC2CCN(C(C)C)CC2)n1. The van der Waals surface area contributed by atoms with Crippen molar-refractivity contribution in [3.63, 3.8) is 0 Å². The van der Waals surface area contributed by atoms with Gasteiger partial charge < -0.3 is 10.2 Å². The van der Waals surface area contributed by atoms with Crippen LogP contribution in [-0.4, -0.2) is 46.4 Å². The van der Waals surface area contributed by atoms with Gasteiger partial charge in [0.1, 0.15) is 0 Å². The molecule has 1 aromatic heterocycles. The molecule has 4 nitrogen and oxygen atoms in total. The van der Waals surface area contributed by atoms with Crippen LogP contribution in [0.15, 0.2) is 6.07 Å². The van der Waals surface area contributed by atoms with Crippen molar-refractivity contribution in [3.05, 3.63) is 17.5 Å². The molecule has 120 valence electrons. The lowest BCUT2D eigenvalue weighted by molar-refractivity contribution is 0.159. The van der Waals surface area contributed by atoms with Crippen LogP contribution in [0, 0.1) is 19.8 Å². The number of nitrogens with zero attached hydrogens (tertiary/aromatic N) is 3. The highest BCUT2D eigenvalue weighted by molar-refractivity contribution is 5.06. The lowest BCUT2D eigenvalue weighted by Gasteiger charge is -2.35. The van der Waals surface area contributed by atoms with Crippen molar-refractivity contribution in [1.82, 2.24) is 20.0 Å². The van der Waals surface area contributed by atoms with E-state index in [2.05, 4.69) is 60.7 Å². The fourth-order valence-corrected chi connectivity index (χ4v) is 3.21. The number of aromatic nitrogens is 2. The number of hydrogen-bond acceptors (Lipinski definition) is 3. The highest BCUT2D eigenvalue weighted by Gasteiger charge is 2.20. The van der Waals surface area contributed by atoms with Gasteiger partial charge in [-0.15, -0.1) is 0 Å². The molecule has 0 aliphatic carbocycles. The Bertz CT molecular complexity index is 430. The first-order valence-electron chi connectivity index (χ1n) is 8.44. The van der Waals surface area contributed by atoms with E-state index >= 15 is 0 Å². The quantitative estimate of drug-likeness (QED) is 0.875. The highest BCUT2D eigenvalue weighted by atomic mass is 15.3. The van der Waals surface area contributed by atoms with Crippen LogP contribution in [0.3, 0.4) is 0 Å². The maximum Gasteiger partial charge on any atom is 0.0596 e. The third kappa shape index (κ3) is 4.82. The molecule has 0 saturated carbocycles. The number of aryl methyl sites for hydroxylation is 2. The van der Waals surface area contributed by atoms with Crippen molar-refractivity contribution in [2.75, 3.05) is 19.6 Å². The molecule has 1 aliphatic heterocycles. The van der Waals surface area contributed by atoms with Crippen LogP contribution in [0.4, 0.5) is 0 Å². The van der Waals surface area contributed by atoms with E-state index in [0.717, 1.165) is 18.8 Å². The third-order valence-corrected chi connectivity index (χ3v) is 4.60. The molecule has 4 heteroatoms. The summed E-state index contributed by atoms with van der Waals surface area (Å²) in [5, 5.41) is 8.32. The summed E-state index contributed by atoms with van der Waals surface area (Å²) in [4.78, 5) is 2.58. The molecule has 0 aromatic carbocycles. The first-order valence-corrected chi connectivity index (χ1v) is 8.44. The van der Waals surface area contributed by atoms with Gasteiger partial charge in [-0.3, -0.25) is 4.68 Å². The van der Waals surface area contributed by atoms with Gasteiger partial charge in [0.2, 0.25) is 0 Å². The Kier molecular flexibility index (Phi) is 5.82. The van der Waals surface area contributed by atoms with Crippen molar-refractivity contribution < 1.29 is 0 Å². The van der Waals surface area contributed by atoms with E-state index in [4.69, 9.17) is 0 Å². The molecule has 0 unspecified atom stereocenters. The molecule has 1 atom stereocenters. The van der Waals surface area contributed by atoms with Gasteiger partial charge in [0.15, 0.2) is 0 Å². The summed E-state index contributed by atoms with van der Waals surface area (Å²) in [6.45, 7) is 15.7. The summed E-state index contributed by atoms with van der Waals surface area (Å²) >= 11 is 0.